The van der Waals surface area contributed by atoms with Gasteiger partial charge in [-0.1, -0.05) is 24.3 Å². The van der Waals surface area contributed by atoms with E-state index < -0.39 is 0 Å². The predicted octanol–water partition coefficient (Wildman–Crippen LogP) is 3.26. The second-order valence-electron chi connectivity index (χ2n) is 6.18. The number of carbonyl (C=O) groups excluding carboxylic acids is 1. The fourth-order valence-electron chi connectivity index (χ4n) is 3.52. The van der Waals surface area contributed by atoms with Crippen molar-refractivity contribution in [2.45, 2.75) is 19.3 Å². The average molecular weight is 292 g/mol. The van der Waals surface area contributed by atoms with Crippen LogP contribution in [0.5, 0.6) is 0 Å². The molecule has 3 aliphatic rings. The average Bonchev–Trinajstić information content (AvgIpc) is 3.17. The van der Waals surface area contributed by atoms with Crippen molar-refractivity contribution < 1.29 is 4.79 Å². The molecule has 1 aliphatic carbocycles. The Labute approximate surface area is 131 Å². The van der Waals surface area contributed by atoms with E-state index in [-0.39, 0.29) is 11.8 Å². The molecule has 1 atom stereocenters. The van der Waals surface area contributed by atoms with Crippen molar-refractivity contribution in [2.24, 2.45) is 5.92 Å². The summed E-state index contributed by atoms with van der Waals surface area (Å²) in [5, 5.41) is 2.98. The lowest BCUT2D eigenvalue weighted by molar-refractivity contribution is -0.115. The smallest absolute Gasteiger partial charge is 0.252 e. The van der Waals surface area contributed by atoms with Gasteiger partial charge in [-0.05, 0) is 49.1 Å². The molecule has 1 N–H and O–H groups in total. The first-order valence-electron chi connectivity index (χ1n) is 8.06. The Morgan fingerprint density at radius 3 is 2.68 bits per heavy atom. The molecule has 2 fully saturated rings. The Balaban J connectivity index is 1.58. The molecule has 1 unspecified atom stereocenters. The molecule has 4 rings (SSSR count). The van der Waals surface area contributed by atoms with Gasteiger partial charge >= 0.3 is 0 Å². The number of hydrogen-bond donors (Lipinski definition) is 1. The zero-order chi connectivity index (χ0) is 14.9. The maximum Gasteiger partial charge on any atom is 0.252 e. The third-order valence-corrected chi connectivity index (χ3v) is 4.74. The number of fused-ring (bicyclic) bond motifs is 1. The fourth-order valence-corrected chi connectivity index (χ4v) is 3.52. The van der Waals surface area contributed by atoms with Crippen molar-refractivity contribution in [2.75, 3.05) is 18.0 Å². The zero-order valence-corrected chi connectivity index (χ0v) is 12.6. The van der Waals surface area contributed by atoms with Gasteiger partial charge in [-0.2, -0.15) is 0 Å². The molecule has 1 aromatic rings. The van der Waals surface area contributed by atoms with Crippen LogP contribution in [0.3, 0.4) is 0 Å². The number of amides is 1. The minimum atomic E-state index is 0.0450. The van der Waals surface area contributed by atoms with E-state index in [4.69, 9.17) is 0 Å². The summed E-state index contributed by atoms with van der Waals surface area (Å²) in [6.45, 7) is 2.32. The fraction of sp³-hybridized carbons (Fsp3) is 0.316. The highest BCUT2D eigenvalue weighted by atomic mass is 16.2. The summed E-state index contributed by atoms with van der Waals surface area (Å²) in [7, 11) is 0. The second kappa shape index (κ2) is 5.48. The van der Waals surface area contributed by atoms with Crippen LogP contribution in [-0.4, -0.2) is 19.0 Å². The first-order valence-corrected chi connectivity index (χ1v) is 8.06. The molecule has 1 amide bonds. The van der Waals surface area contributed by atoms with E-state index in [0.717, 1.165) is 36.3 Å². The lowest BCUT2D eigenvalue weighted by Crippen LogP contribution is -2.17. The van der Waals surface area contributed by atoms with Crippen LogP contribution in [0.1, 0.15) is 24.8 Å². The van der Waals surface area contributed by atoms with Gasteiger partial charge in [-0.3, -0.25) is 4.79 Å². The SMILES string of the molecule is O=C1NC2=CC=CCC2C1=Cc1ccc(N2CCCC2)cc1. The molecule has 0 radical (unpaired) electrons. The molecule has 2 heterocycles. The van der Waals surface area contributed by atoms with Crippen LogP contribution in [0, 0.1) is 5.92 Å². The maximum atomic E-state index is 12.2. The number of benzene rings is 1. The molecule has 3 nitrogen and oxygen atoms in total. The van der Waals surface area contributed by atoms with Gasteiger partial charge in [0.2, 0.25) is 0 Å². The summed E-state index contributed by atoms with van der Waals surface area (Å²) in [5.41, 5.74) is 4.30. The molecule has 2 saturated heterocycles. The van der Waals surface area contributed by atoms with Crippen LogP contribution in [0.2, 0.25) is 0 Å². The van der Waals surface area contributed by atoms with Gasteiger partial charge in [0.25, 0.3) is 5.91 Å². The summed E-state index contributed by atoms with van der Waals surface area (Å²) in [4.78, 5) is 14.6. The number of anilines is 1. The minimum absolute atomic E-state index is 0.0450. The van der Waals surface area contributed by atoms with Crippen LogP contribution >= 0.6 is 0 Å². The van der Waals surface area contributed by atoms with E-state index >= 15 is 0 Å². The zero-order valence-electron chi connectivity index (χ0n) is 12.6. The van der Waals surface area contributed by atoms with Gasteiger partial charge in [0.15, 0.2) is 0 Å². The number of nitrogens with zero attached hydrogens (tertiary/aromatic N) is 1. The first kappa shape index (κ1) is 13.4. The topological polar surface area (TPSA) is 32.3 Å². The van der Waals surface area contributed by atoms with Crippen molar-refractivity contribution in [3.05, 3.63) is 59.3 Å². The Kier molecular flexibility index (Phi) is 3.34. The monoisotopic (exact) mass is 292 g/mol. The van der Waals surface area contributed by atoms with Crippen LogP contribution in [0.15, 0.2) is 53.8 Å². The molecule has 2 aliphatic heterocycles. The Bertz CT molecular complexity index is 676. The quantitative estimate of drug-likeness (QED) is 0.849. The summed E-state index contributed by atoms with van der Waals surface area (Å²) in [6, 6.07) is 8.58. The highest BCUT2D eigenvalue weighted by Gasteiger charge is 2.32. The summed E-state index contributed by atoms with van der Waals surface area (Å²) >= 11 is 0. The van der Waals surface area contributed by atoms with E-state index in [1.165, 1.54) is 18.5 Å². The van der Waals surface area contributed by atoms with E-state index in [2.05, 4.69) is 40.6 Å². The Morgan fingerprint density at radius 2 is 1.91 bits per heavy atom. The van der Waals surface area contributed by atoms with Gasteiger partial charge < -0.3 is 10.2 Å². The first-order chi connectivity index (χ1) is 10.8. The summed E-state index contributed by atoms with van der Waals surface area (Å²) in [6.07, 6.45) is 11.7. The van der Waals surface area contributed by atoms with E-state index in [1.54, 1.807) is 0 Å². The molecule has 22 heavy (non-hydrogen) atoms. The standard InChI is InChI=1S/C19H20N2O/c22-19-17(16-5-1-2-6-18(16)20-19)13-14-7-9-15(10-8-14)21-11-3-4-12-21/h1-2,6-10,13,16H,3-5,11-12H2,(H,20,22). The third-order valence-electron chi connectivity index (χ3n) is 4.74. The molecule has 0 saturated carbocycles. The number of carbonyl (C=O) groups is 1. The lowest BCUT2D eigenvalue weighted by Gasteiger charge is -2.17. The van der Waals surface area contributed by atoms with Crippen molar-refractivity contribution in [1.82, 2.24) is 5.32 Å². The normalized spacial score (nSPS) is 25.4. The highest BCUT2D eigenvalue weighted by Crippen LogP contribution is 2.33. The minimum Gasteiger partial charge on any atom is -0.372 e. The van der Waals surface area contributed by atoms with Gasteiger partial charge in [0.05, 0.1) is 0 Å². The van der Waals surface area contributed by atoms with Crippen LogP contribution in [0.25, 0.3) is 6.08 Å². The maximum absolute atomic E-state index is 12.2. The van der Waals surface area contributed by atoms with Crippen molar-refractivity contribution in [1.29, 1.82) is 0 Å². The molecule has 0 aromatic heterocycles. The highest BCUT2D eigenvalue weighted by molar-refractivity contribution is 6.03. The molecule has 1 aromatic carbocycles. The lowest BCUT2D eigenvalue weighted by atomic mass is 9.91. The van der Waals surface area contributed by atoms with E-state index in [1.807, 2.05) is 18.2 Å². The Morgan fingerprint density at radius 1 is 1.14 bits per heavy atom. The van der Waals surface area contributed by atoms with E-state index in [0.29, 0.717) is 0 Å². The predicted molar refractivity (Wildman–Crippen MR) is 89.3 cm³/mol. The van der Waals surface area contributed by atoms with Gasteiger partial charge in [0.1, 0.15) is 0 Å². The molecular formula is C19H20N2O. The molecule has 112 valence electrons. The van der Waals surface area contributed by atoms with Crippen LogP contribution in [-0.2, 0) is 4.79 Å². The van der Waals surface area contributed by atoms with Crippen molar-refractivity contribution >= 4 is 17.7 Å². The van der Waals surface area contributed by atoms with E-state index in [9.17, 15) is 4.79 Å². The van der Waals surface area contributed by atoms with Gasteiger partial charge in [-0.15, -0.1) is 0 Å². The largest absolute Gasteiger partial charge is 0.372 e. The van der Waals surface area contributed by atoms with Crippen LogP contribution < -0.4 is 10.2 Å². The third kappa shape index (κ3) is 2.37. The Hall–Kier alpha value is -2.29. The molecule has 3 heteroatoms. The van der Waals surface area contributed by atoms with Crippen molar-refractivity contribution in [3.8, 4) is 0 Å². The van der Waals surface area contributed by atoms with Gasteiger partial charge in [-0.25, -0.2) is 0 Å². The number of rotatable bonds is 2. The van der Waals surface area contributed by atoms with Crippen LogP contribution in [0.4, 0.5) is 5.69 Å². The van der Waals surface area contributed by atoms with Gasteiger partial charge in [0, 0.05) is 36.0 Å². The second-order valence-corrected chi connectivity index (χ2v) is 6.18. The van der Waals surface area contributed by atoms with Crippen molar-refractivity contribution in [3.63, 3.8) is 0 Å². The number of nitrogens with one attached hydrogen (secondary N) is 1. The summed E-state index contributed by atoms with van der Waals surface area (Å²) in [5.74, 6) is 0.249. The molecule has 0 bridgehead atoms. The number of hydrogen-bond acceptors (Lipinski definition) is 2. The molecule has 0 spiro atoms. The molecular weight excluding hydrogens is 272 g/mol. The summed E-state index contributed by atoms with van der Waals surface area (Å²) < 4.78 is 0. The number of allylic oxidation sites excluding steroid dienone is 4.